The van der Waals surface area contributed by atoms with Gasteiger partial charge in [-0.3, -0.25) is 9.59 Å². The fourth-order valence-electron chi connectivity index (χ4n) is 4.77. The van der Waals surface area contributed by atoms with Crippen LogP contribution in [0, 0.1) is 12.8 Å². The number of fused-ring (bicyclic) bond motifs is 2. The molecule has 5 rings (SSSR count). The smallest absolute Gasteiger partial charge is 0.259 e. The lowest BCUT2D eigenvalue weighted by Crippen LogP contribution is -2.31. The normalized spacial score (nSPS) is 18.8. The monoisotopic (exact) mass is 447 g/mol. The highest BCUT2D eigenvalue weighted by Crippen LogP contribution is 2.43. The number of nitrogens with two attached hydrogens (primary N) is 1. The third-order valence-corrected chi connectivity index (χ3v) is 7.60. The summed E-state index contributed by atoms with van der Waals surface area (Å²) >= 11 is 1.50. The van der Waals surface area contributed by atoms with E-state index in [1.165, 1.54) is 11.3 Å². The minimum absolute atomic E-state index is 0.140. The van der Waals surface area contributed by atoms with E-state index in [0.29, 0.717) is 34.5 Å². The van der Waals surface area contributed by atoms with Crippen LogP contribution in [0.2, 0.25) is 0 Å². The number of aromatic nitrogens is 3. The van der Waals surface area contributed by atoms with Gasteiger partial charge in [0.1, 0.15) is 5.56 Å². The molecule has 32 heavy (non-hydrogen) atoms. The van der Waals surface area contributed by atoms with Gasteiger partial charge < -0.3 is 11.1 Å². The summed E-state index contributed by atoms with van der Waals surface area (Å²) in [5.41, 5.74) is 8.87. The molecule has 3 heterocycles. The predicted octanol–water partition coefficient (Wildman–Crippen LogP) is 4.06. The maximum atomic E-state index is 12.7. The van der Waals surface area contributed by atoms with Crippen LogP contribution in [0.3, 0.4) is 0 Å². The van der Waals surface area contributed by atoms with E-state index in [9.17, 15) is 9.59 Å². The van der Waals surface area contributed by atoms with Crippen LogP contribution in [-0.4, -0.2) is 33.0 Å². The van der Waals surface area contributed by atoms with E-state index in [2.05, 4.69) is 21.5 Å². The average Bonchev–Trinajstić information content (AvgIpc) is 3.39. The van der Waals surface area contributed by atoms with Crippen LogP contribution < -0.4 is 11.1 Å². The van der Waals surface area contributed by atoms with Gasteiger partial charge in [-0.15, -0.1) is 11.3 Å². The second-order valence-corrected chi connectivity index (χ2v) is 9.64. The Balaban J connectivity index is 1.24. The zero-order chi connectivity index (χ0) is 22.2. The molecule has 4 aromatic rings. The van der Waals surface area contributed by atoms with E-state index >= 15 is 0 Å². The number of amides is 2. The lowest BCUT2D eigenvalue weighted by atomic mass is 9.77. The molecule has 3 aromatic heterocycles. The lowest BCUT2D eigenvalue weighted by Gasteiger charge is -2.29. The number of carbonyl (C=O) groups is 2. The van der Waals surface area contributed by atoms with Gasteiger partial charge in [-0.05, 0) is 67.0 Å². The molecule has 3 N–H and O–H groups in total. The minimum Gasteiger partial charge on any atom is -0.365 e. The Kier molecular flexibility index (Phi) is 5.38. The van der Waals surface area contributed by atoms with Crippen molar-refractivity contribution in [1.29, 1.82) is 0 Å². The minimum atomic E-state index is -0.340. The zero-order valence-electron chi connectivity index (χ0n) is 17.9. The van der Waals surface area contributed by atoms with Crippen LogP contribution in [0.15, 0.2) is 42.9 Å². The number of nitrogens with one attached hydrogen (secondary N) is 1. The average molecular weight is 448 g/mol. The summed E-state index contributed by atoms with van der Waals surface area (Å²) in [7, 11) is 0. The maximum absolute atomic E-state index is 12.7. The fourth-order valence-corrected chi connectivity index (χ4v) is 5.91. The van der Waals surface area contributed by atoms with Crippen LogP contribution in [0.1, 0.15) is 62.8 Å². The van der Waals surface area contributed by atoms with Gasteiger partial charge >= 0.3 is 0 Å². The molecule has 0 atom stereocenters. The van der Waals surface area contributed by atoms with Crippen molar-refractivity contribution in [2.45, 2.75) is 38.5 Å². The summed E-state index contributed by atoms with van der Waals surface area (Å²) in [5, 5.41) is 8.46. The first-order valence-electron chi connectivity index (χ1n) is 10.9. The van der Waals surface area contributed by atoms with Gasteiger partial charge in [-0.2, -0.15) is 5.10 Å². The zero-order valence-corrected chi connectivity index (χ0v) is 18.7. The van der Waals surface area contributed by atoms with Gasteiger partial charge in [0.25, 0.3) is 11.8 Å². The highest BCUT2D eigenvalue weighted by molar-refractivity contribution is 7.21. The third-order valence-electron chi connectivity index (χ3n) is 6.39. The molecule has 1 aliphatic carbocycles. The highest BCUT2D eigenvalue weighted by atomic mass is 32.1. The first kappa shape index (κ1) is 20.6. The summed E-state index contributed by atoms with van der Waals surface area (Å²) < 4.78 is 2.75. The molecule has 7 nitrogen and oxygen atoms in total. The molecule has 0 bridgehead atoms. The predicted molar refractivity (Wildman–Crippen MR) is 125 cm³/mol. The van der Waals surface area contributed by atoms with E-state index in [4.69, 9.17) is 5.73 Å². The Hall–Kier alpha value is -3.26. The summed E-state index contributed by atoms with van der Waals surface area (Å²) in [5.74, 6) is 0.257. The van der Waals surface area contributed by atoms with E-state index in [0.717, 1.165) is 46.9 Å². The van der Waals surface area contributed by atoms with Crippen LogP contribution in [0.25, 0.3) is 15.7 Å². The van der Waals surface area contributed by atoms with Gasteiger partial charge in [0.15, 0.2) is 5.65 Å². The van der Waals surface area contributed by atoms with Crippen molar-refractivity contribution in [3.8, 4) is 0 Å². The summed E-state index contributed by atoms with van der Waals surface area (Å²) in [6.07, 6.45) is 9.14. The second kappa shape index (κ2) is 8.35. The Morgan fingerprint density at radius 1 is 1.19 bits per heavy atom. The number of rotatable bonds is 5. The van der Waals surface area contributed by atoms with Crippen LogP contribution in [0.5, 0.6) is 0 Å². The molecule has 1 saturated carbocycles. The first-order chi connectivity index (χ1) is 15.5. The van der Waals surface area contributed by atoms with Crippen LogP contribution in [-0.2, 0) is 0 Å². The molecule has 0 aliphatic heterocycles. The van der Waals surface area contributed by atoms with E-state index in [1.54, 1.807) is 16.9 Å². The van der Waals surface area contributed by atoms with Gasteiger partial charge in [0, 0.05) is 23.6 Å². The number of hydrogen-bond donors (Lipinski definition) is 2. The molecular formula is C24H25N5O2S. The van der Waals surface area contributed by atoms with Crippen molar-refractivity contribution in [3.05, 3.63) is 64.4 Å². The van der Waals surface area contributed by atoms with Crippen molar-refractivity contribution in [1.82, 2.24) is 19.9 Å². The molecule has 0 unspecified atom stereocenters. The topological polar surface area (TPSA) is 102 Å². The Morgan fingerprint density at radius 2 is 1.97 bits per heavy atom. The van der Waals surface area contributed by atoms with Gasteiger partial charge in [0.05, 0.1) is 11.1 Å². The number of nitrogens with zero attached hydrogens (tertiary/aromatic N) is 3. The maximum Gasteiger partial charge on any atom is 0.259 e. The molecular weight excluding hydrogens is 422 g/mol. The SMILES string of the molecule is Cc1cnc2c(C(=O)NCC3CCC(c4c(C(N)=O)sc5ccccc45)CC3)cnn2c1. The van der Waals surface area contributed by atoms with Crippen molar-refractivity contribution in [3.63, 3.8) is 0 Å². The number of carbonyl (C=O) groups excluding carboxylic acids is 2. The molecule has 1 aliphatic rings. The molecule has 0 saturated heterocycles. The highest BCUT2D eigenvalue weighted by Gasteiger charge is 2.28. The van der Waals surface area contributed by atoms with Crippen molar-refractivity contribution in [2.24, 2.45) is 11.7 Å². The quantitative estimate of drug-likeness (QED) is 0.482. The van der Waals surface area contributed by atoms with Gasteiger partial charge in [0.2, 0.25) is 0 Å². The molecule has 0 radical (unpaired) electrons. The molecule has 0 spiro atoms. The summed E-state index contributed by atoms with van der Waals surface area (Å²) in [6.45, 7) is 2.57. The number of benzene rings is 1. The van der Waals surface area contributed by atoms with Crippen molar-refractivity contribution >= 4 is 38.9 Å². The molecule has 1 aromatic carbocycles. The second-order valence-electron chi connectivity index (χ2n) is 8.59. The van der Waals surface area contributed by atoms with Crippen molar-refractivity contribution < 1.29 is 9.59 Å². The Bertz CT molecular complexity index is 1320. The largest absolute Gasteiger partial charge is 0.365 e. The van der Waals surface area contributed by atoms with Gasteiger partial charge in [-0.25, -0.2) is 9.50 Å². The third kappa shape index (κ3) is 3.75. The molecule has 164 valence electrons. The van der Waals surface area contributed by atoms with Gasteiger partial charge in [-0.1, -0.05) is 18.2 Å². The summed E-state index contributed by atoms with van der Waals surface area (Å²) in [6, 6.07) is 8.15. The molecule has 8 heteroatoms. The Morgan fingerprint density at radius 3 is 2.75 bits per heavy atom. The van der Waals surface area contributed by atoms with Crippen LogP contribution >= 0.6 is 11.3 Å². The van der Waals surface area contributed by atoms with Crippen LogP contribution in [0.4, 0.5) is 0 Å². The van der Waals surface area contributed by atoms with E-state index in [1.807, 2.05) is 31.3 Å². The summed E-state index contributed by atoms with van der Waals surface area (Å²) in [4.78, 5) is 29.8. The molecule has 2 amide bonds. The van der Waals surface area contributed by atoms with E-state index < -0.39 is 0 Å². The number of thiophene rings is 1. The lowest BCUT2D eigenvalue weighted by molar-refractivity contribution is 0.0942. The van der Waals surface area contributed by atoms with E-state index in [-0.39, 0.29) is 11.8 Å². The van der Waals surface area contributed by atoms with Crippen molar-refractivity contribution in [2.75, 3.05) is 6.54 Å². The number of hydrogen-bond acceptors (Lipinski definition) is 5. The molecule has 1 fully saturated rings. The standard InChI is InChI=1S/C24H25N5O2S/c1-14-10-26-23-18(12-28-29(23)13-14)24(31)27-11-15-6-8-16(9-7-15)20-17-4-2-3-5-19(17)32-21(20)22(25)30/h2-5,10,12-13,15-16H,6-9,11H2,1H3,(H2,25,30)(H,27,31). The number of primary amides is 1. The Labute approximate surface area is 189 Å². The first-order valence-corrected chi connectivity index (χ1v) is 11.7. The number of aryl methyl sites for hydroxylation is 1. The fraction of sp³-hybridized carbons (Fsp3) is 0.333.